The van der Waals surface area contributed by atoms with E-state index in [9.17, 15) is 24.1 Å². The molecule has 0 saturated heterocycles. The number of non-ortho nitro benzene ring substituents is 1. The van der Waals surface area contributed by atoms with Gasteiger partial charge in [-0.15, -0.1) is 0 Å². The van der Waals surface area contributed by atoms with Gasteiger partial charge in [-0.25, -0.2) is 4.39 Å². The van der Waals surface area contributed by atoms with Crippen molar-refractivity contribution in [2.24, 2.45) is 5.92 Å². The van der Waals surface area contributed by atoms with Crippen LogP contribution in [0, 0.1) is 21.8 Å². The normalized spacial score (nSPS) is 11.7. The van der Waals surface area contributed by atoms with Crippen molar-refractivity contribution in [2.45, 2.75) is 19.8 Å². The van der Waals surface area contributed by atoms with Crippen LogP contribution in [0.25, 0.3) is 0 Å². The Labute approximate surface area is 119 Å². The molecule has 0 fully saturated rings. The van der Waals surface area contributed by atoms with Crippen molar-refractivity contribution in [1.29, 1.82) is 0 Å². The van der Waals surface area contributed by atoms with Gasteiger partial charge in [0.25, 0.3) is 11.6 Å². The van der Waals surface area contributed by atoms with E-state index in [1.807, 2.05) is 0 Å². The van der Waals surface area contributed by atoms with E-state index in [2.05, 4.69) is 5.32 Å². The summed E-state index contributed by atoms with van der Waals surface area (Å²) in [4.78, 5) is 32.0. The van der Waals surface area contributed by atoms with Crippen molar-refractivity contribution in [2.75, 3.05) is 6.54 Å². The van der Waals surface area contributed by atoms with Gasteiger partial charge in [0.1, 0.15) is 5.82 Å². The molecule has 1 rings (SSSR count). The summed E-state index contributed by atoms with van der Waals surface area (Å²) in [5.74, 6) is -3.09. The number of nitro benzene ring substituents is 1. The molecule has 0 saturated carbocycles. The maximum absolute atomic E-state index is 13.6. The van der Waals surface area contributed by atoms with E-state index in [0.717, 1.165) is 12.1 Å². The topological polar surface area (TPSA) is 110 Å². The number of carboxylic acid groups (broad SMARTS) is 1. The van der Waals surface area contributed by atoms with Crippen molar-refractivity contribution >= 4 is 17.6 Å². The van der Waals surface area contributed by atoms with Crippen LogP contribution in [0.4, 0.5) is 10.1 Å². The molecular formula is C13H15FN2O5. The van der Waals surface area contributed by atoms with Crippen LogP contribution < -0.4 is 5.32 Å². The average Bonchev–Trinajstić information content (AvgIpc) is 2.42. The quantitative estimate of drug-likeness (QED) is 0.454. The Morgan fingerprint density at radius 3 is 2.67 bits per heavy atom. The molecule has 0 radical (unpaired) electrons. The number of halogens is 1. The van der Waals surface area contributed by atoms with Gasteiger partial charge in [-0.1, -0.05) is 6.92 Å². The number of nitro groups is 1. The summed E-state index contributed by atoms with van der Waals surface area (Å²) in [6.07, 6.45) is 0.826. The van der Waals surface area contributed by atoms with E-state index < -0.39 is 34.2 Å². The summed E-state index contributed by atoms with van der Waals surface area (Å²) in [5.41, 5.74) is -0.716. The van der Waals surface area contributed by atoms with Crippen LogP contribution in [0.1, 0.15) is 30.1 Å². The lowest BCUT2D eigenvalue weighted by Crippen LogP contribution is -2.26. The lowest BCUT2D eigenvalue weighted by atomic mass is 10.1. The van der Waals surface area contributed by atoms with Gasteiger partial charge in [0.2, 0.25) is 0 Å². The number of carbonyl (C=O) groups excluding carboxylic acids is 1. The number of nitrogens with one attached hydrogen (secondary N) is 1. The molecule has 0 aliphatic heterocycles. The second-order valence-corrected chi connectivity index (χ2v) is 4.56. The summed E-state index contributed by atoms with van der Waals surface area (Å²) < 4.78 is 13.6. The van der Waals surface area contributed by atoms with Crippen LogP contribution in [0.2, 0.25) is 0 Å². The van der Waals surface area contributed by atoms with E-state index in [-0.39, 0.29) is 12.1 Å². The number of amides is 1. The van der Waals surface area contributed by atoms with Gasteiger partial charge in [-0.3, -0.25) is 19.7 Å². The molecule has 114 valence electrons. The molecule has 1 aromatic carbocycles. The van der Waals surface area contributed by atoms with Crippen molar-refractivity contribution in [3.63, 3.8) is 0 Å². The molecule has 1 amide bonds. The monoisotopic (exact) mass is 298 g/mol. The number of nitrogens with zero attached hydrogens (tertiary/aromatic N) is 1. The highest BCUT2D eigenvalue weighted by molar-refractivity contribution is 5.94. The van der Waals surface area contributed by atoms with Gasteiger partial charge in [0.05, 0.1) is 22.5 Å². The molecule has 0 spiro atoms. The lowest BCUT2D eigenvalue weighted by Gasteiger charge is -2.08. The lowest BCUT2D eigenvalue weighted by molar-refractivity contribution is -0.385. The summed E-state index contributed by atoms with van der Waals surface area (Å²) >= 11 is 0. The molecule has 21 heavy (non-hydrogen) atoms. The molecule has 0 aliphatic carbocycles. The fourth-order valence-electron chi connectivity index (χ4n) is 1.63. The van der Waals surface area contributed by atoms with Crippen LogP contribution in [-0.2, 0) is 4.79 Å². The third-order valence-electron chi connectivity index (χ3n) is 2.93. The van der Waals surface area contributed by atoms with Gasteiger partial charge in [-0.05, 0) is 18.9 Å². The van der Waals surface area contributed by atoms with Crippen LogP contribution in [0.5, 0.6) is 0 Å². The molecule has 8 heteroatoms. The predicted molar refractivity (Wildman–Crippen MR) is 71.4 cm³/mol. The number of carbonyl (C=O) groups is 2. The maximum Gasteiger partial charge on any atom is 0.306 e. The van der Waals surface area contributed by atoms with Gasteiger partial charge in [0, 0.05) is 12.6 Å². The standard InChI is InChI=1S/C13H15FN2O5/c1-8(13(18)19)3-2-6-15-12(17)10-5-4-9(16(20)21)7-11(10)14/h4-5,7-8H,2-3,6H2,1H3,(H,15,17)(H,18,19). The van der Waals surface area contributed by atoms with E-state index in [4.69, 9.17) is 5.11 Å². The highest BCUT2D eigenvalue weighted by Crippen LogP contribution is 2.16. The van der Waals surface area contributed by atoms with Gasteiger partial charge in [-0.2, -0.15) is 0 Å². The largest absolute Gasteiger partial charge is 0.481 e. The van der Waals surface area contributed by atoms with Gasteiger partial charge < -0.3 is 10.4 Å². The fraction of sp³-hybridized carbons (Fsp3) is 0.385. The Morgan fingerprint density at radius 1 is 1.48 bits per heavy atom. The van der Waals surface area contributed by atoms with Crippen molar-refractivity contribution in [3.05, 3.63) is 39.7 Å². The van der Waals surface area contributed by atoms with E-state index in [1.165, 1.54) is 0 Å². The van der Waals surface area contributed by atoms with Crippen LogP contribution in [0.3, 0.4) is 0 Å². The number of benzene rings is 1. The third-order valence-corrected chi connectivity index (χ3v) is 2.93. The minimum atomic E-state index is -0.972. The number of hydrogen-bond acceptors (Lipinski definition) is 4. The summed E-state index contributed by atoms with van der Waals surface area (Å²) in [5, 5.41) is 21.6. The Kier molecular flexibility index (Phi) is 5.77. The van der Waals surface area contributed by atoms with Crippen LogP contribution in [-0.4, -0.2) is 28.5 Å². The number of rotatable bonds is 7. The molecule has 2 N–H and O–H groups in total. The predicted octanol–water partition coefficient (Wildman–Crippen LogP) is 1.96. The Morgan fingerprint density at radius 2 is 2.14 bits per heavy atom. The Bertz CT molecular complexity index is 561. The minimum absolute atomic E-state index is 0.201. The molecule has 0 aliphatic rings. The van der Waals surface area contributed by atoms with Gasteiger partial charge in [0.15, 0.2) is 0 Å². The minimum Gasteiger partial charge on any atom is -0.481 e. The number of hydrogen-bond donors (Lipinski definition) is 2. The molecule has 1 unspecified atom stereocenters. The van der Waals surface area contributed by atoms with E-state index in [0.29, 0.717) is 18.9 Å². The van der Waals surface area contributed by atoms with Crippen LogP contribution >= 0.6 is 0 Å². The maximum atomic E-state index is 13.6. The molecule has 1 atom stereocenters. The number of aliphatic carboxylic acids is 1. The van der Waals surface area contributed by atoms with Crippen molar-refractivity contribution in [1.82, 2.24) is 5.32 Å². The van der Waals surface area contributed by atoms with E-state index >= 15 is 0 Å². The third kappa shape index (κ3) is 4.83. The SMILES string of the molecule is CC(CCCNC(=O)c1ccc([N+](=O)[O-])cc1F)C(=O)O. The molecule has 7 nitrogen and oxygen atoms in total. The first kappa shape index (κ1) is 16.5. The zero-order valence-corrected chi connectivity index (χ0v) is 11.3. The molecular weight excluding hydrogens is 283 g/mol. The average molecular weight is 298 g/mol. The zero-order chi connectivity index (χ0) is 16.0. The molecule has 0 aromatic heterocycles. The first-order valence-electron chi connectivity index (χ1n) is 6.28. The van der Waals surface area contributed by atoms with Gasteiger partial charge >= 0.3 is 5.97 Å². The van der Waals surface area contributed by atoms with Crippen molar-refractivity contribution in [3.8, 4) is 0 Å². The zero-order valence-electron chi connectivity index (χ0n) is 11.3. The Balaban J connectivity index is 2.53. The summed E-state index contributed by atoms with van der Waals surface area (Å²) in [6.45, 7) is 1.76. The fourth-order valence-corrected chi connectivity index (χ4v) is 1.63. The molecule has 0 bridgehead atoms. The smallest absolute Gasteiger partial charge is 0.306 e. The second kappa shape index (κ2) is 7.32. The highest BCUT2D eigenvalue weighted by Gasteiger charge is 2.16. The second-order valence-electron chi connectivity index (χ2n) is 4.56. The highest BCUT2D eigenvalue weighted by atomic mass is 19.1. The Hall–Kier alpha value is -2.51. The van der Waals surface area contributed by atoms with Crippen molar-refractivity contribution < 1.29 is 24.0 Å². The first-order valence-corrected chi connectivity index (χ1v) is 6.28. The molecule has 1 aromatic rings. The van der Waals surface area contributed by atoms with E-state index in [1.54, 1.807) is 6.92 Å². The summed E-state index contributed by atoms with van der Waals surface area (Å²) in [6, 6.07) is 2.77. The number of carboxylic acids is 1. The summed E-state index contributed by atoms with van der Waals surface area (Å²) in [7, 11) is 0. The first-order chi connectivity index (χ1) is 9.82. The van der Waals surface area contributed by atoms with Crippen LogP contribution in [0.15, 0.2) is 18.2 Å². The molecule has 0 heterocycles.